The van der Waals surface area contributed by atoms with E-state index in [9.17, 15) is 4.79 Å². The fourth-order valence-electron chi connectivity index (χ4n) is 1.22. The first-order chi connectivity index (χ1) is 7.07. The van der Waals surface area contributed by atoms with Gasteiger partial charge in [0.25, 0.3) is 0 Å². The number of hydrogen-bond acceptors (Lipinski definition) is 4. The van der Waals surface area contributed by atoms with E-state index in [1.807, 2.05) is 6.92 Å². The molecular formula is C10H18O5. The lowest BCUT2D eigenvalue weighted by molar-refractivity contribution is -0.135. The topological polar surface area (TPSA) is 98.0 Å². The van der Waals surface area contributed by atoms with Crippen molar-refractivity contribution in [1.29, 1.82) is 0 Å². The number of aliphatic hydroxyl groups is 3. The van der Waals surface area contributed by atoms with Crippen molar-refractivity contribution >= 4 is 5.97 Å². The molecule has 0 aliphatic rings. The molecule has 0 saturated heterocycles. The third-order valence-corrected chi connectivity index (χ3v) is 2.35. The van der Waals surface area contributed by atoms with Gasteiger partial charge in [-0.1, -0.05) is 19.4 Å². The Bertz CT molecular complexity index is 222. The molecule has 0 saturated carbocycles. The Morgan fingerprint density at radius 2 is 1.67 bits per heavy atom. The zero-order chi connectivity index (χ0) is 11.9. The van der Waals surface area contributed by atoms with E-state index in [2.05, 4.69) is 0 Å². The van der Waals surface area contributed by atoms with Crippen LogP contribution < -0.4 is 0 Å². The second-order valence-corrected chi connectivity index (χ2v) is 3.47. The van der Waals surface area contributed by atoms with E-state index in [4.69, 9.17) is 20.4 Å². The van der Waals surface area contributed by atoms with Gasteiger partial charge < -0.3 is 20.4 Å². The molecule has 0 heterocycles. The number of hydrogen-bond donors (Lipinski definition) is 4. The second-order valence-electron chi connectivity index (χ2n) is 3.47. The quantitative estimate of drug-likeness (QED) is 0.442. The highest BCUT2D eigenvalue weighted by Gasteiger charge is 2.36. The predicted molar refractivity (Wildman–Crippen MR) is 54.3 cm³/mol. The zero-order valence-corrected chi connectivity index (χ0v) is 8.81. The average molecular weight is 218 g/mol. The normalized spacial score (nSPS) is 12.9. The fourth-order valence-corrected chi connectivity index (χ4v) is 1.22. The Morgan fingerprint density at radius 3 is 1.93 bits per heavy atom. The van der Waals surface area contributed by atoms with E-state index in [-0.39, 0.29) is 5.57 Å². The maximum Gasteiger partial charge on any atom is 0.332 e. The molecule has 0 aliphatic carbocycles. The Hall–Kier alpha value is -0.910. The Kier molecular flexibility index (Phi) is 6.15. The van der Waals surface area contributed by atoms with Gasteiger partial charge in [0.15, 0.2) is 0 Å². The van der Waals surface area contributed by atoms with Gasteiger partial charge in [-0.3, -0.25) is 0 Å². The van der Waals surface area contributed by atoms with E-state index >= 15 is 0 Å². The molecule has 0 atom stereocenters. The van der Waals surface area contributed by atoms with E-state index < -0.39 is 31.2 Å². The standard InChI is InChI=1S/C10H18O5/c1-2-3-4-8(9(14)15)10(5-11,6-12)7-13/h4,11-13H,2-3,5-7H2,1H3,(H,14,15). The van der Waals surface area contributed by atoms with Crippen LogP contribution in [0.1, 0.15) is 19.8 Å². The first kappa shape index (κ1) is 14.1. The molecule has 0 aromatic heterocycles. The molecule has 0 radical (unpaired) electrons. The van der Waals surface area contributed by atoms with Crippen LogP contribution in [0.15, 0.2) is 11.6 Å². The summed E-state index contributed by atoms with van der Waals surface area (Å²) < 4.78 is 0. The summed E-state index contributed by atoms with van der Waals surface area (Å²) in [5, 5.41) is 36.1. The molecule has 0 spiro atoms. The van der Waals surface area contributed by atoms with Gasteiger partial charge in [-0.25, -0.2) is 4.79 Å². The number of carboxylic acids is 1. The first-order valence-corrected chi connectivity index (χ1v) is 4.84. The van der Waals surface area contributed by atoms with Gasteiger partial charge in [-0.2, -0.15) is 0 Å². The summed E-state index contributed by atoms with van der Waals surface area (Å²) in [6.45, 7) is 0.0973. The SMILES string of the molecule is CCCC=C(C(=O)O)C(CO)(CO)CO. The van der Waals surface area contributed by atoms with Gasteiger partial charge in [-0.15, -0.1) is 0 Å². The van der Waals surface area contributed by atoms with Gasteiger partial charge in [-0.05, 0) is 6.42 Å². The Labute approximate surface area is 88.7 Å². The summed E-state index contributed by atoms with van der Waals surface area (Å²) in [6, 6.07) is 0. The molecule has 0 aliphatic heterocycles. The number of carboxylic acid groups (broad SMARTS) is 1. The molecule has 0 aromatic carbocycles. The van der Waals surface area contributed by atoms with Crippen molar-refractivity contribution in [3.05, 3.63) is 11.6 Å². The zero-order valence-electron chi connectivity index (χ0n) is 8.81. The molecule has 0 rings (SSSR count). The molecule has 5 nitrogen and oxygen atoms in total. The third-order valence-electron chi connectivity index (χ3n) is 2.35. The maximum absolute atomic E-state index is 10.9. The van der Waals surface area contributed by atoms with Crippen molar-refractivity contribution in [3.63, 3.8) is 0 Å². The predicted octanol–water partition coefficient (Wildman–Crippen LogP) is -0.239. The molecule has 0 bridgehead atoms. The van der Waals surface area contributed by atoms with Crippen LogP contribution in [0.5, 0.6) is 0 Å². The lowest BCUT2D eigenvalue weighted by Crippen LogP contribution is -2.39. The summed E-state index contributed by atoms with van der Waals surface area (Å²) >= 11 is 0. The van der Waals surface area contributed by atoms with E-state index in [0.29, 0.717) is 6.42 Å². The van der Waals surface area contributed by atoms with Gasteiger partial charge in [0.2, 0.25) is 0 Å². The molecule has 0 fully saturated rings. The summed E-state index contributed by atoms with van der Waals surface area (Å²) in [7, 11) is 0. The Balaban J connectivity index is 5.09. The van der Waals surface area contributed by atoms with Crippen molar-refractivity contribution < 1.29 is 25.2 Å². The van der Waals surface area contributed by atoms with Crippen LogP contribution in [0.4, 0.5) is 0 Å². The highest BCUT2D eigenvalue weighted by molar-refractivity contribution is 5.88. The smallest absolute Gasteiger partial charge is 0.332 e. The largest absolute Gasteiger partial charge is 0.478 e. The van der Waals surface area contributed by atoms with E-state index in [1.54, 1.807) is 0 Å². The second kappa shape index (κ2) is 6.55. The fraction of sp³-hybridized carbons (Fsp3) is 0.700. The summed E-state index contributed by atoms with van der Waals surface area (Å²) in [4.78, 5) is 10.9. The summed E-state index contributed by atoms with van der Waals surface area (Å²) in [5.74, 6) is -1.22. The monoisotopic (exact) mass is 218 g/mol. The number of allylic oxidation sites excluding steroid dienone is 1. The van der Waals surface area contributed by atoms with Crippen molar-refractivity contribution in [3.8, 4) is 0 Å². The van der Waals surface area contributed by atoms with Gasteiger partial charge >= 0.3 is 5.97 Å². The lowest BCUT2D eigenvalue weighted by atomic mass is 9.81. The highest BCUT2D eigenvalue weighted by atomic mass is 16.4. The summed E-state index contributed by atoms with van der Waals surface area (Å²) in [6.07, 6.45) is 2.73. The highest BCUT2D eigenvalue weighted by Crippen LogP contribution is 2.26. The third kappa shape index (κ3) is 3.30. The van der Waals surface area contributed by atoms with Crippen LogP contribution in [0.3, 0.4) is 0 Å². The minimum Gasteiger partial charge on any atom is -0.478 e. The molecule has 5 heteroatoms. The van der Waals surface area contributed by atoms with Crippen molar-refractivity contribution in [2.24, 2.45) is 5.41 Å². The number of rotatable bonds is 7. The van der Waals surface area contributed by atoms with Gasteiger partial charge in [0, 0.05) is 5.57 Å². The first-order valence-electron chi connectivity index (χ1n) is 4.84. The van der Waals surface area contributed by atoms with Crippen molar-refractivity contribution in [2.45, 2.75) is 19.8 Å². The lowest BCUT2D eigenvalue weighted by Gasteiger charge is -2.28. The minimum atomic E-state index is -1.46. The van der Waals surface area contributed by atoms with Crippen LogP contribution in [0, 0.1) is 5.41 Å². The van der Waals surface area contributed by atoms with Crippen LogP contribution in [-0.2, 0) is 4.79 Å². The molecule has 15 heavy (non-hydrogen) atoms. The van der Waals surface area contributed by atoms with Gasteiger partial charge in [0.1, 0.15) is 0 Å². The molecule has 88 valence electrons. The van der Waals surface area contributed by atoms with Crippen molar-refractivity contribution in [1.82, 2.24) is 0 Å². The average Bonchev–Trinajstić information content (AvgIpc) is 2.24. The number of aliphatic carboxylic acids is 1. The number of unbranched alkanes of at least 4 members (excludes halogenated alkanes) is 1. The molecular weight excluding hydrogens is 200 g/mol. The molecule has 0 unspecified atom stereocenters. The number of aliphatic hydroxyl groups excluding tert-OH is 3. The minimum absolute atomic E-state index is 0.128. The van der Waals surface area contributed by atoms with Crippen LogP contribution in [0.25, 0.3) is 0 Å². The van der Waals surface area contributed by atoms with Crippen LogP contribution in [-0.4, -0.2) is 46.2 Å². The molecule has 0 aromatic rings. The molecule has 0 amide bonds. The van der Waals surface area contributed by atoms with E-state index in [0.717, 1.165) is 6.42 Å². The van der Waals surface area contributed by atoms with Crippen LogP contribution >= 0.6 is 0 Å². The van der Waals surface area contributed by atoms with Crippen molar-refractivity contribution in [2.75, 3.05) is 19.8 Å². The number of carbonyl (C=O) groups is 1. The maximum atomic E-state index is 10.9. The summed E-state index contributed by atoms with van der Waals surface area (Å²) in [5.41, 5.74) is -1.59. The van der Waals surface area contributed by atoms with E-state index in [1.165, 1.54) is 6.08 Å². The van der Waals surface area contributed by atoms with Gasteiger partial charge in [0.05, 0.1) is 25.2 Å². The molecule has 4 N–H and O–H groups in total. The Morgan fingerprint density at radius 1 is 1.20 bits per heavy atom. The van der Waals surface area contributed by atoms with Crippen LogP contribution in [0.2, 0.25) is 0 Å².